The number of nitrogens with one attached hydrogen (secondary N) is 2. The first-order chi connectivity index (χ1) is 14.1. The zero-order valence-electron chi connectivity index (χ0n) is 16.2. The zero-order chi connectivity index (χ0) is 20.2. The zero-order valence-corrected chi connectivity index (χ0v) is 16.2. The first-order valence-corrected chi connectivity index (χ1v) is 9.26. The lowest BCUT2D eigenvalue weighted by Crippen LogP contribution is -2.25. The molecule has 0 aliphatic rings. The highest BCUT2D eigenvalue weighted by Crippen LogP contribution is 2.30. The van der Waals surface area contributed by atoms with Gasteiger partial charge in [-0.3, -0.25) is 4.79 Å². The van der Waals surface area contributed by atoms with Crippen LogP contribution in [0.25, 0.3) is 22.0 Å². The molecule has 2 heterocycles. The van der Waals surface area contributed by atoms with E-state index >= 15 is 0 Å². The maximum absolute atomic E-state index is 12.1. The molecule has 4 rings (SSSR count). The smallest absolute Gasteiger partial charge is 0.277 e. The van der Waals surface area contributed by atoms with Gasteiger partial charge in [-0.25, -0.2) is 5.43 Å². The number of aromatic amines is 1. The lowest BCUT2D eigenvalue weighted by atomic mass is 10.0. The second-order valence-corrected chi connectivity index (χ2v) is 6.86. The number of furan rings is 1. The second kappa shape index (κ2) is 8.06. The van der Waals surface area contributed by atoms with Crippen molar-refractivity contribution in [2.24, 2.45) is 5.10 Å². The Morgan fingerprint density at radius 1 is 1.14 bits per heavy atom. The van der Waals surface area contributed by atoms with Crippen LogP contribution in [0.4, 0.5) is 0 Å². The molecule has 2 aromatic carbocycles. The van der Waals surface area contributed by atoms with Crippen LogP contribution in [0.5, 0.6) is 5.75 Å². The fourth-order valence-electron chi connectivity index (χ4n) is 3.27. The van der Waals surface area contributed by atoms with E-state index in [1.54, 1.807) is 18.7 Å². The average molecular weight is 387 g/mol. The SMILES string of the molecule is Cc1cc(-c2ccoc2)cc(C)c1OCC(=O)NN=Cc1ccc2cc[nH]c2c1. The molecule has 0 saturated carbocycles. The summed E-state index contributed by atoms with van der Waals surface area (Å²) in [6, 6.07) is 13.8. The topological polar surface area (TPSA) is 79.6 Å². The lowest BCUT2D eigenvalue weighted by molar-refractivity contribution is -0.123. The van der Waals surface area contributed by atoms with E-state index in [4.69, 9.17) is 9.15 Å². The summed E-state index contributed by atoms with van der Waals surface area (Å²) in [6.07, 6.45) is 6.84. The Morgan fingerprint density at radius 2 is 1.97 bits per heavy atom. The summed E-state index contributed by atoms with van der Waals surface area (Å²) in [5.74, 6) is 0.383. The highest BCUT2D eigenvalue weighted by atomic mass is 16.5. The van der Waals surface area contributed by atoms with Crippen molar-refractivity contribution >= 4 is 23.0 Å². The minimum absolute atomic E-state index is 0.111. The number of benzene rings is 2. The van der Waals surface area contributed by atoms with Gasteiger partial charge in [0, 0.05) is 17.3 Å². The summed E-state index contributed by atoms with van der Waals surface area (Å²) < 4.78 is 10.9. The monoisotopic (exact) mass is 387 g/mol. The fourth-order valence-corrected chi connectivity index (χ4v) is 3.27. The van der Waals surface area contributed by atoms with Crippen molar-refractivity contribution < 1.29 is 13.9 Å². The van der Waals surface area contributed by atoms with Crippen LogP contribution in [-0.2, 0) is 4.79 Å². The number of nitrogens with zero attached hydrogens (tertiary/aromatic N) is 1. The number of H-pyrrole nitrogens is 1. The van der Waals surface area contributed by atoms with Gasteiger partial charge in [-0.2, -0.15) is 5.10 Å². The van der Waals surface area contributed by atoms with Crippen LogP contribution in [0.2, 0.25) is 0 Å². The number of ether oxygens (including phenoxy) is 1. The molecule has 0 aliphatic heterocycles. The summed E-state index contributed by atoms with van der Waals surface area (Å²) >= 11 is 0. The van der Waals surface area contributed by atoms with Gasteiger partial charge in [-0.15, -0.1) is 0 Å². The van der Waals surface area contributed by atoms with Crippen molar-refractivity contribution in [3.05, 3.63) is 77.9 Å². The number of rotatable bonds is 6. The molecule has 146 valence electrons. The number of hydrogen-bond donors (Lipinski definition) is 2. The molecule has 0 aliphatic carbocycles. The Kier molecular flexibility index (Phi) is 5.16. The summed E-state index contributed by atoms with van der Waals surface area (Å²) in [6.45, 7) is 3.80. The molecule has 6 heteroatoms. The molecule has 6 nitrogen and oxygen atoms in total. The Morgan fingerprint density at radius 3 is 2.72 bits per heavy atom. The fraction of sp³-hybridized carbons (Fsp3) is 0.130. The number of aromatic nitrogens is 1. The molecule has 0 fully saturated rings. The maximum Gasteiger partial charge on any atom is 0.277 e. The number of carbonyl (C=O) groups excluding carboxylic acids is 1. The van der Waals surface area contributed by atoms with E-state index in [9.17, 15) is 4.79 Å². The second-order valence-electron chi connectivity index (χ2n) is 6.86. The quantitative estimate of drug-likeness (QED) is 0.376. The molecule has 4 aromatic rings. The number of aryl methyl sites for hydroxylation is 2. The van der Waals surface area contributed by atoms with Crippen LogP contribution in [-0.4, -0.2) is 23.7 Å². The molecule has 29 heavy (non-hydrogen) atoms. The maximum atomic E-state index is 12.1. The highest BCUT2D eigenvalue weighted by Gasteiger charge is 2.10. The molecule has 1 amide bonds. The Bertz CT molecular complexity index is 1150. The van der Waals surface area contributed by atoms with E-state index in [0.717, 1.165) is 38.7 Å². The minimum atomic E-state index is -0.320. The third-order valence-corrected chi connectivity index (χ3v) is 4.64. The Balaban J connectivity index is 1.35. The summed E-state index contributed by atoms with van der Waals surface area (Å²) in [4.78, 5) is 15.2. The predicted octanol–water partition coefficient (Wildman–Crippen LogP) is 4.57. The Labute approximate surface area is 168 Å². The van der Waals surface area contributed by atoms with Gasteiger partial charge in [0.15, 0.2) is 6.61 Å². The molecule has 0 unspecified atom stereocenters. The number of carbonyl (C=O) groups is 1. The van der Waals surface area contributed by atoms with Gasteiger partial charge < -0.3 is 14.1 Å². The van der Waals surface area contributed by atoms with E-state index in [1.807, 2.05) is 62.5 Å². The molecule has 0 spiro atoms. The van der Waals surface area contributed by atoms with Gasteiger partial charge >= 0.3 is 0 Å². The lowest BCUT2D eigenvalue weighted by Gasteiger charge is -2.13. The number of hydrogen-bond acceptors (Lipinski definition) is 4. The van der Waals surface area contributed by atoms with Gasteiger partial charge in [-0.1, -0.05) is 12.1 Å². The van der Waals surface area contributed by atoms with Crippen LogP contribution in [0.15, 0.2) is 70.7 Å². The largest absolute Gasteiger partial charge is 0.483 e. The predicted molar refractivity (Wildman–Crippen MR) is 113 cm³/mol. The van der Waals surface area contributed by atoms with Crippen molar-refractivity contribution in [1.82, 2.24) is 10.4 Å². The van der Waals surface area contributed by atoms with Crippen molar-refractivity contribution in [2.75, 3.05) is 6.61 Å². The standard InChI is InChI=1S/C23H21N3O3/c1-15-9-20(19-6-8-28-13-19)10-16(2)23(15)29-14-22(27)26-25-12-17-3-4-18-5-7-24-21(18)11-17/h3-13,24H,14H2,1-2H3,(H,26,27). The minimum Gasteiger partial charge on any atom is -0.483 e. The van der Waals surface area contributed by atoms with E-state index in [-0.39, 0.29) is 12.5 Å². The van der Waals surface area contributed by atoms with Crippen molar-refractivity contribution in [2.45, 2.75) is 13.8 Å². The molecule has 2 aromatic heterocycles. The number of fused-ring (bicyclic) bond motifs is 1. The van der Waals surface area contributed by atoms with Crippen LogP contribution in [0.3, 0.4) is 0 Å². The molecular weight excluding hydrogens is 366 g/mol. The third kappa shape index (κ3) is 4.21. The average Bonchev–Trinajstić information content (AvgIpc) is 3.39. The first-order valence-electron chi connectivity index (χ1n) is 9.26. The summed E-state index contributed by atoms with van der Waals surface area (Å²) in [5.41, 5.74) is 8.38. The summed E-state index contributed by atoms with van der Waals surface area (Å²) in [5, 5.41) is 5.14. The van der Waals surface area contributed by atoms with E-state index < -0.39 is 0 Å². The van der Waals surface area contributed by atoms with Crippen molar-refractivity contribution in [3.63, 3.8) is 0 Å². The first kappa shape index (κ1) is 18.6. The van der Waals surface area contributed by atoms with Gasteiger partial charge in [0.25, 0.3) is 5.91 Å². The third-order valence-electron chi connectivity index (χ3n) is 4.64. The summed E-state index contributed by atoms with van der Waals surface area (Å²) in [7, 11) is 0. The van der Waals surface area contributed by atoms with E-state index in [1.165, 1.54) is 0 Å². The number of hydrazone groups is 1. The highest BCUT2D eigenvalue weighted by molar-refractivity contribution is 5.89. The normalized spacial score (nSPS) is 11.2. The van der Waals surface area contributed by atoms with Crippen LogP contribution in [0.1, 0.15) is 16.7 Å². The molecule has 2 N–H and O–H groups in total. The molecule has 0 saturated heterocycles. The van der Waals surface area contributed by atoms with Crippen molar-refractivity contribution in [1.29, 1.82) is 0 Å². The van der Waals surface area contributed by atoms with Gasteiger partial charge in [0.1, 0.15) is 5.75 Å². The van der Waals surface area contributed by atoms with Gasteiger partial charge in [0.05, 0.1) is 18.7 Å². The van der Waals surface area contributed by atoms with E-state index in [2.05, 4.69) is 15.5 Å². The molecule has 0 bridgehead atoms. The van der Waals surface area contributed by atoms with Gasteiger partial charge in [0.2, 0.25) is 0 Å². The van der Waals surface area contributed by atoms with Gasteiger partial charge in [-0.05, 0) is 71.8 Å². The number of amides is 1. The van der Waals surface area contributed by atoms with Crippen LogP contribution >= 0.6 is 0 Å². The van der Waals surface area contributed by atoms with E-state index in [0.29, 0.717) is 5.75 Å². The van der Waals surface area contributed by atoms with Crippen LogP contribution in [0, 0.1) is 13.8 Å². The Hall–Kier alpha value is -3.80. The molecular formula is C23H21N3O3. The molecule has 0 atom stereocenters. The van der Waals surface area contributed by atoms with Crippen LogP contribution < -0.4 is 10.2 Å². The molecule has 0 radical (unpaired) electrons. The van der Waals surface area contributed by atoms with Crippen molar-refractivity contribution in [3.8, 4) is 16.9 Å².